The van der Waals surface area contributed by atoms with Crippen LogP contribution in [0, 0.1) is 5.92 Å². The van der Waals surface area contributed by atoms with Crippen molar-refractivity contribution < 1.29 is 17.9 Å². The van der Waals surface area contributed by atoms with E-state index in [4.69, 9.17) is 22.1 Å². The van der Waals surface area contributed by atoms with Crippen molar-refractivity contribution in [2.75, 3.05) is 30.7 Å². The Morgan fingerprint density at radius 2 is 1.90 bits per heavy atom. The molecule has 0 amide bonds. The quantitative estimate of drug-likeness (QED) is 0.419. The topological polar surface area (TPSA) is 101 Å². The van der Waals surface area contributed by atoms with Crippen molar-refractivity contribution in [1.82, 2.24) is 20.5 Å². The number of nitrogen functional groups attached to an aromatic ring is 1. The largest absolute Gasteiger partial charge is 0.493 e. The lowest BCUT2D eigenvalue weighted by Gasteiger charge is -2.26. The van der Waals surface area contributed by atoms with Crippen LogP contribution < -0.4 is 21.1 Å². The Kier molecular flexibility index (Phi) is 6.83. The summed E-state index contributed by atoms with van der Waals surface area (Å²) in [6.45, 7) is 2.37. The van der Waals surface area contributed by atoms with Crippen molar-refractivity contribution in [2.24, 2.45) is 5.92 Å². The van der Waals surface area contributed by atoms with E-state index in [9.17, 15) is 13.2 Å². The number of alkyl halides is 3. The van der Waals surface area contributed by atoms with Crippen LogP contribution in [0.25, 0.3) is 11.1 Å². The fraction of sp³-hybridized carbons (Fsp3) is 0.263. The number of aromatic amines is 1. The second kappa shape index (κ2) is 9.21. The summed E-state index contributed by atoms with van der Waals surface area (Å²) >= 11 is 6.26. The third kappa shape index (κ3) is 5.33. The summed E-state index contributed by atoms with van der Waals surface area (Å²) < 4.78 is 47.1. The first-order valence-electron chi connectivity index (χ1n) is 9.09. The molecule has 1 aliphatic heterocycles. The monoisotopic (exact) mass is 474 g/mol. The lowest BCUT2D eigenvalue weighted by atomic mass is 9.98. The zero-order valence-corrected chi connectivity index (χ0v) is 17.5. The predicted molar refractivity (Wildman–Crippen MR) is 115 cm³/mol. The third-order valence-corrected chi connectivity index (χ3v) is 4.95. The molecule has 3 aromatic rings. The molecular formula is C19H19Cl2F3N6O. The number of ether oxygens (including phenoxy) is 1. The van der Waals surface area contributed by atoms with Crippen molar-refractivity contribution in [3.05, 3.63) is 47.0 Å². The number of aromatic nitrogens is 3. The van der Waals surface area contributed by atoms with E-state index >= 15 is 0 Å². The average Bonchev–Trinajstić information content (AvgIpc) is 3.05. The Bertz CT molecular complexity index is 1040. The van der Waals surface area contributed by atoms with E-state index in [2.05, 4.69) is 25.8 Å². The van der Waals surface area contributed by atoms with Gasteiger partial charge in [0.1, 0.15) is 5.75 Å². The van der Waals surface area contributed by atoms with E-state index in [1.807, 2.05) is 0 Å². The van der Waals surface area contributed by atoms with E-state index in [1.54, 1.807) is 24.3 Å². The number of anilines is 3. The lowest BCUT2D eigenvalue weighted by Crippen LogP contribution is -2.45. The molecule has 0 radical (unpaired) electrons. The van der Waals surface area contributed by atoms with Gasteiger partial charge in [0.2, 0.25) is 11.9 Å². The molecule has 1 fully saturated rings. The van der Waals surface area contributed by atoms with Crippen LogP contribution in [0.3, 0.4) is 0 Å². The van der Waals surface area contributed by atoms with Crippen LogP contribution in [0.4, 0.5) is 30.8 Å². The van der Waals surface area contributed by atoms with Gasteiger partial charge in [0, 0.05) is 30.3 Å². The Balaban J connectivity index is 0.00000272. The van der Waals surface area contributed by atoms with Gasteiger partial charge in [-0.3, -0.25) is 0 Å². The van der Waals surface area contributed by atoms with E-state index in [-0.39, 0.29) is 40.6 Å². The first kappa shape index (κ1) is 23.0. The molecule has 7 nitrogen and oxygen atoms in total. The number of hydrogen-bond donors (Lipinski definition) is 4. The van der Waals surface area contributed by atoms with Crippen LogP contribution in [0.2, 0.25) is 5.02 Å². The summed E-state index contributed by atoms with van der Waals surface area (Å²) in [6.07, 6.45) is -4.62. The molecule has 2 aromatic carbocycles. The predicted octanol–water partition coefficient (Wildman–Crippen LogP) is 4.49. The minimum Gasteiger partial charge on any atom is -0.493 e. The van der Waals surface area contributed by atoms with E-state index in [0.29, 0.717) is 23.8 Å². The van der Waals surface area contributed by atoms with Crippen LogP contribution in [-0.4, -0.2) is 34.9 Å². The maximum Gasteiger partial charge on any atom is 0.417 e. The summed E-state index contributed by atoms with van der Waals surface area (Å²) in [5.74, 6) is 1.12. The van der Waals surface area contributed by atoms with Gasteiger partial charge >= 0.3 is 6.18 Å². The molecule has 0 spiro atoms. The molecule has 0 aliphatic carbocycles. The summed E-state index contributed by atoms with van der Waals surface area (Å²) in [5.41, 5.74) is 4.86. The molecule has 0 atom stereocenters. The SMILES string of the molecule is Cl.Nc1nc(Nc2cc(Cl)c(-c3ccc(OCC4CNC4)cc3)c(C(F)(F)F)c2)n[nH]1. The Morgan fingerprint density at radius 1 is 1.19 bits per heavy atom. The van der Waals surface area contributed by atoms with Gasteiger partial charge in [0.15, 0.2) is 0 Å². The fourth-order valence-electron chi connectivity index (χ4n) is 3.05. The molecule has 1 aromatic heterocycles. The van der Waals surface area contributed by atoms with Crippen LogP contribution >= 0.6 is 24.0 Å². The van der Waals surface area contributed by atoms with Gasteiger partial charge in [-0.15, -0.1) is 17.5 Å². The third-order valence-electron chi connectivity index (χ3n) is 4.65. The number of hydrogen-bond acceptors (Lipinski definition) is 6. The Morgan fingerprint density at radius 3 is 2.45 bits per heavy atom. The first-order valence-corrected chi connectivity index (χ1v) is 9.47. The fourth-order valence-corrected chi connectivity index (χ4v) is 3.38. The van der Waals surface area contributed by atoms with Crippen molar-refractivity contribution in [1.29, 1.82) is 0 Å². The van der Waals surface area contributed by atoms with Crippen LogP contribution in [0.1, 0.15) is 5.56 Å². The number of nitrogens with zero attached hydrogens (tertiary/aromatic N) is 2. The number of rotatable bonds is 6. The van der Waals surface area contributed by atoms with Gasteiger partial charge < -0.3 is 21.1 Å². The minimum absolute atomic E-state index is 0. The number of nitrogens with one attached hydrogen (secondary N) is 3. The van der Waals surface area contributed by atoms with E-state index < -0.39 is 11.7 Å². The highest BCUT2D eigenvalue weighted by molar-refractivity contribution is 6.34. The highest BCUT2D eigenvalue weighted by Gasteiger charge is 2.35. The van der Waals surface area contributed by atoms with Crippen molar-refractivity contribution in [3.8, 4) is 16.9 Å². The summed E-state index contributed by atoms with van der Waals surface area (Å²) in [6, 6.07) is 8.75. The normalized spacial score (nSPS) is 13.9. The van der Waals surface area contributed by atoms with Crippen molar-refractivity contribution >= 4 is 41.6 Å². The zero-order valence-electron chi connectivity index (χ0n) is 16.0. The molecule has 166 valence electrons. The molecular weight excluding hydrogens is 456 g/mol. The highest BCUT2D eigenvalue weighted by Crippen LogP contribution is 2.43. The number of nitrogens with two attached hydrogens (primary N) is 1. The Labute approximate surface area is 186 Å². The second-order valence-corrected chi connectivity index (χ2v) is 7.31. The van der Waals surface area contributed by atoms with E-state index in [0.717, 1.165) is 19.2 Å². The molecule has 4 rings (SSSR count). The lowest BCUT2D eigenvalue weighted by molar-refractivity contribution is -0.137. The number of benzene rings is 2. The van der Waals surface area contributed by atoms with E-state index in [1.165, 1.54) is 6.07 Å². The van der Waals surface area contributed by atoms with Crippen LogP contribution in [0.15, 0.2) is 36.4 Å². The molecule has 0 saturated carbocycles. The summed E-state index contributed by atoms with van der Waals surface area (Å²) in [7, 11) is 0. The summed E-state index contributed by atoms with van der Waals surface area (Å²) in [4.78, 5) is 3.82. The van der Waals surface area contributed by atoms with Crippen molar-refractivity contribution in [2.45, 2.75) is 6.18 Å². The minimum atomic E-state index is -4.62. The average molecular weight is 475 g/mol. The number of halogens is 5. The van der Waals surface area contributed by atoms with Gasteiger partial charge in [0.25, 0.3) is 0 Å². The Hall–Kier alpha value is -2.69. The maximum atomic E-state index is 13.8. The molecule has 12 heteroatoms. The van der Waals surface area contributed by atoms with Crippen LogP contribution in [0.5, 0.6) is 5.75 Å². The first-order chi connectivity index (χ1) is 14.3. The van der Waals surface area contributed by atoms with Gasteiger partial charge in [0.05, 0.1) is 17.2 Å². The summed E-state index contributed by atoms with van der Waals surface area (Å²) in [5, 5.41) is 11.9. The molecule has 31 heavy (non-hydrogen) atoms. The van der Waals surface area contributed by atoms with Gasteiger partial charge in [-0.25, -0.2) is 5.10 Å². The molecule has 2 heterocycles. The molecule has 1 aliphatic rings. The standard InChI is InChI=1S/C19H18ClF3N6O.ClH/c20-15-6-12(26-18-27-17(24)28-29-18)5-14(19(21,22)23)16(15)11-1-3-13(4-2-11)30-9-10-7-25-8-10;/h1-6,10,25H,7-9H2,(H4,24,26,27,28,29);1H. The number of H-pyrrole nitrogens is 1. The second-order valence-electron chi connectivity index (χ2n) is 6.91. The molecule has 1 saturated heterocycles. The van der Waals surface area contributed by atoms with Gasteiger partial charge in [-0.2, -0.15) is 18.2 Å². The maximum absolute atomic E-state index is 13.8. The molecule has 5 N–H and O–H groups in total. The molecule has 0 unspecified atom stereocenters. The zero-order chi connectivity index (χ0) is 21.3. The molecule has 0 bridgehead atoms. The van der Waals surface area contributed by atoms with Gasteiger partial charge in [-0.05, 0) is 29.8 Å². The van der Waals surface area contributed by atoms with Gasteiger partial charge in [-0.1, -0.05) is 23.7 Å². The van der Waals surface area contributed by atoms with Crippen LogP contribution in [-0.2, 0) is 6.18 Å². The smallest absolute Gasteiger partial charge is 0.417 e. The highest BCUT2D eigenvalue weighted by atomic mass is 35.5. The van der Waals surface area contributed by atoms with Crippen molar-refractivity contribution in [3.63, 3.8) is 0 Å².